The van der Waals surface area contributed by atoms with Crippen LogP contribution in [-0.2, 0) is 9.53 Å². The molecule has 1 saturated carbocycles. The maximum atomic E-state index is 12.0. The van der Waals surface area contributed by atoms with Crippen LogP contribution >= 0.6 is 24.2 Å². The topological polar surface area (TPSA) is 64.3 Å². The summed E-state index contributed by atoms with van der Waals surface area (Å²) in [7, 11) is 1.50. The van der Waals surface area contributed by atoms with E-state index in [1.54, 1.807) is 0 Å². The van der Waals surface area contributed by atoms with Crippen molar-refractivity contribution in [3.05, 3.63) is 24.3 Å². The molecule has 118 valence electrons. The number of carbonyl (C=O) groups is 1. The summed E-state index contributed by atoms with van der Waals surface area (Å²) in [6, 6.07) is 7.92. The van der Waals surface area contributed by atoms with Gasteiger partial charge in [0.2, 0.25) is 0 Å². The summed E-state index contributed by atoms with van der Waals surface area (Å²) in [5.41, 5.74) is 6.37. The van der Waals surface area contributed by atoms with Crippen molar-refractivity contribution < 1.29 is 9.53 Å². The SMILES string of the molecule is COC(CN)C(=O)Nc1ccccc1SC1CCCC1.Cl. The van der Waals surface area contributed by atoms with Crippen LogP contribution in [0.25, 0.3) is 0 Å². The Morgan fingerprint density at radius 1 is 1.43 bits per heavy atom. The van der Waals surface area contributed by atoms with Crippen LogP contribution in [0.1, 0.15) is 25.7 Å². The molecule has 0 bridgehead atoms. The number of nitrogens with one attached hydrogen (secondary N) is 1. The Balaban J connectivity index is 0.00000220. The van der Waals surface area contributed by atoms with Crippen LogP contribution in [-0.4, -0.2) is 30.9 Å². The molecule has 1 aromatic rings. The van der Waals surface area contributed by atoms with Gasteiger partial charge < -0.3 is 15.8 Å². The standard InChI is InChI=1S/C15H22N2O2S.ClH/c1-19-13(10-16)15(18)17-12-8-4-5-9-14(12)20-11-6-2-3-7-11;/h4-5,8-9,11,13H,2-3,6-7,10,16H2,1H3,(H,17,18);1H. The number of benzene rings is 1. The molecule has 1 aliphatic carbocycles. The molecule has 21 heavy (non-hydrogen) atoms. The lowest BCUT2D eigenvalue weighted by atomic mass is 10.3. The van der Waals surface area contributed by atoms with Crippen molar-refractivity contribution >= 4 is 35.8 Å². The van der Waals surface area contributed by atoms with Crippen LogP contribution in [0.3, 0.4) is 0 Å². The number of halogens is 1. The average Bonchev–Trinajstić information content (AvgIpc) is 2.95. The van der Waals surface area contributed by atoms with Crippen LogP contribution in [0.4, 0.5) is 5.69 Å². The molecule has 0 radical (unpaired) electrons. The van der Waals surface area contributed by atoms with Crippen molar-refractivity contribution in [1.29, 1.82) is 0 Å². The summed E-state index contributed by atoms with van der Waals surface area (Å²) in [6.45, 7) is 0.181. The van der Waals surface area contributed by atoms with Gasteiger partial charge >= 0.3 is 0 Å². The Morgan fingerprint density at radius 2 is 2.10 bits per heavy atom. The predicted molar refractivity (Wildman–Crippen MR) is 90.3 cm³/mol. The third-order valence-corrected chi connectivity index (χ3v) is 4.95. The maximum Gasteiger partial charge on any atom is 0.254 e. The highest BCUT2D eigenvalue weighted by molar-refractivity contribution is 8.00. The number of methoxy groups -OCH3 is 1. The molecule has 3 N–H and O–H groups in total. The number of rotatable bonds is 6. The molecule has 4 nitrogen and oxygen atoms in total. The van der Waals surface area contributed by atoms with E-state index in [9.17, 15) is 4.79 Å². The van der Waals surface area contributed by atoms with Gasteiger partial charge in [-0.1, -0.05) is 25.0 Å². The second-order valence-electron chi connectivity index (χ2n) is 4.97. The summed E-state index contributed by atoms with van der Waals surface area (Å²) in [6.07, 6.45) is 4.54. The number of carbonyl (C=O) groups excluding carboxylic acids is 1. The van der Waals surface area contributed by atoms with E-state index in [0.717, 1.165) is 10.6 Å². The highest BCUT2D eigenvalue weighted by Crippen LogP contribution is 2.37. The van der Waals surface area contributed by atoms with E-state index in [1.165, 1.54) is 32.8 Å². The predicted octanol–water partition coefficient (Wildman–Crippen LogP) is 3.06. The summed E-state index contributed by atoms with van der Waals surface area (Å²) in [5.74, 6) is -0.186. The molecule has 1 unspecified atom stereocenters. The van der Waals surface area contributed by atoms with E-state index in [2.05, 4.69) is 11.4 Å². The van der Waals surface area contributed by atoms with Crippen molar-refractivity contribution in [1.82, 2.24) is 0 Å². The highest BCUT2D eigenvalue weighted by atomic mass is 35.5. The molecular formula is C15H23ClN2O2S. The summed E-state index contributed by atoms with van der Waals surface area (Å²) in [5, 5.41) is 3.59. The van der Waals surface area contributed by atoms with Crippen molar-refractivity contribution in [3.8, 4) is 0 Å². The van der Waals surface area contributed by atoms with E-state index in [0.29, 0.717) is 5.25 Å². The van der Waals surface area contributed by atoms with E-state index in [4.69, 9.17) is 10.5 Å². The zero-order valence-electron chi connectivity index (χ0n) is 12.2. The molecule has 1 amide bonds. The smallest absolute Gasteiger partial charge is 0.254 e. The fourth-order valence-corrected chi connectivity index (χ4v) is 3.71. The molecule has 0 saturated heterocycles. The molecule has 0 spiro atoms. The number of amides is 1. The molecule has 1 fully saturated rings. The van der Waals surface area contributed by atoms with Crippen LogP contribution in [0.5, 0.6) is 0 Å². The fraction of sp³-hybridized carbons (Fsp3) is 0.533. The third kappa shape index (κ3) is 5.18. The van der Waals surface area contributed by atoms with E-state index in [1.807, 2.05) is 30.0 Å². The summed E-state index contributed by atoms with van der Waals surface area (Å²) < 4.78 is 5.06. The Kier molecular flexibility index (Phi) is 8.11. The molecular weight excluding hydrogens is 308 g/mol. The van der Waals surface area contributed by atoms with Gasteiger partial charge in [0.25, 0.3) is 5.91 Å². The van der Waals surface area contributed by atoms with Gasteiger partial charge in [-0.2, -0.15) is 0 Å². The average molecular weight is 331 g/mol. The molecule has 0 heterocycles. The molecule has 0 aromatic heterocycles. The molecule has 0 aliphatic heterocycles. The number of hydrogen-bond acceptors (Lipinski definition) is 4. The number of nitrogens with two attached hydrogens (primary N) is 1. The molecule has 1 atom stereocenters. The minimum atomic E-state index is -0.598. The van der Waals surface area contributed by atoms with Gasteiger partial charge in [-0.15, -0.1) is 24.2 Å². The monoisotopic (exact) mass is 330 g/mol. The first-order valence-corrected chi connectivity index (χ1v) is 7.92. The maximum absolute atomic E-state index is 12.0. The largest absolute Gasteiger partial charge is 0.370 e. The summed E-state index contributed by atoms with van der Waals surface area (Å²) >= 11 is 1.86. The normalized spacial score (nSPS) is 16.3. The van der Waals surface area contributed by atoms with Gasteiger partial charge in [0.1, 0.15) is 6.10 Å². The lowest BCUT2D eigenvalue weighted by Gasteiger charge is -2.17. The minimum Gasteiger partial charge on any atom is -0.370 e. The quantitative estimate of drug-likeness (QED) is 0.841. The van der Waals surface area contributed by atoms with Crippen LogP contribution in [0.2, 0.25) is 0 Å². The van der Waals surface area contributed by atoms with Crippen LogP contribution in [0.15, 0.2) is 29.2 Å². The number of para-hydroxylation sites is 1. The van der Waals surface area contributed by atoms with Crippen molar-refractivity contribution in [2.75, 3.05) is 19.0 Å². The van der Waals surface area contributed by atoms with E-state index < -0.39 is 6.10 Å². The lowest BCUT2D eigenvalue weighted by molar-refractivity contribution is -0.125. The van der Waals surface area contributed by atoms with Gasteiger partial charge in [0.05, 0.1) is 5.69 Å². The summed E-state index contributed by atoms with van der Waals surface area (Å²) in [4.78, 5) is 13.2. The first-order valence-electron chi connectivity index (χ1n) is 7.04. The first-order chi connectivity index (χ1) is 9.74. The first kappa shape index (κ1) is 18.3. The zero-order chi connectivity index (χ0) is 14.4. The Hall–Kier alpha value is -0.750. The molecule has 2 rings (SSSR count). The second-order valence-corrected chi connectivity index (χ2v) is 6.31. The van der Waals surface area contributed by atoms with Gasteiger partial charge in [0.15, 0.2) is 0 Å². The van der Waals surface area contributed by atoms with E-state index in [-0.39, 0.29) is 24.9 Å². The number of ether oxygens (including phenoxy) is 1. The lowest BCUT2D eigenvalue weighted by Crippen LogP contribution is -2.36. The van der Waals surface area contributed by atoms with E-state index >= 15 is 0 Å². The molecule has 1 aromatic carbocycles. The highest BCUT2D eigenvalue weighted by Gasteiger charge is 2.20. The van der Waals surface area contributed by atoms with Gasteiger partial charge in [-0.25, -0.2) is 0 Å². The van der Waals surface area contributed by atoms with Crippen LogP contribution < -0.4 is 11.1 Å². The fourth-order valence-electron chi connectivity index (χ4n) is 2.38. The third-order valence-electron chi connectivity index (χ3n) is 3.53. The minimum absolute atomic E-state index is 0. The molecule has 6 heteroatoms. The van der Waals surface area contributed by atoms with Crippen LogP contribution in [0, 0.1) is 0 Å². The Labute approximate surface area is 136 Å². The number of hydrogen-bond donors (Lipinski definition) is 2. The Bertz CT molecular complexity index is 449. The molecule has 1 aliphatic rings. The van der Waals surface area contributed by atoms with Gasteiger partial charge in [-0.3, -0.25) is 4.79 Å². The van der Waals surface area contributed by atoms with Crippen molar-refractivity contribution in [2.24, 2.45) is 5.73 Å². The van der Waals surface area contributed by atoms with Crippen molar-refractivity contribution in [2.45, 2.75) is 41.9 Å². The zero-order valence-corrected chi connectivity index (χ0v) is 13.8. The van der Waals surface area contributed by atoms with Crippen molar-refractivity contribution in [3.63, 3.8) is 0 Å². The number of thioether (sulfide) groups is 1. The number of anilines is 1. The second kappa shape index (κ2) is 9.30. The van der Waals surface area contributed by atoms with Gasteiger partial charge in [-0.05, 0) is 25.0 Å². The van der Waals surface area contributed by atoms with Gasteiger partial charge in [0, 0.05) is 23.8 Å². The Morgan fingerprint density at radius 3 is 2.71 bits per heavy atom.